The van der Waals surface area contributed by atoms with Crippen LogP contribution in [0.3, 0.4) is 0 Å². The van der Waals surface area contributed by atoms with Crippen LogP contribution in [0.2, 0.25) is 0 Å². The summed E-state index contributed by atoms with van der Waals surface area (Å²) in [6.07, 6.45) is 3.43. The fourth-order valence-electron chi connectivity index (χ4n) is 2.08. The molecular weight excluding hydrogens is 214 g/mol. The van der Waals surface area contributed by atoms with Crippen LogP contribution in [0.15, 0.2) is 36.0 Å². The fourth-order valence-corrected chi connectivity index (χ4v) is 2.08. The van der Waals surface area contributed by atoms with Gasteiger partial charge in [-0.15, -0.1) is 0 Å². The molecule has 0 aliphatic carbocycles. The maximum absolute atomic E-state index is 12.1. The number of hydrogen-bond donors (Lipinski definition) is 0. The third-order valence-electron chi connectivity index (χ3n) is 2.88. The standard InChI is InChI=1S/C14H15NO2/c1-3-7-10(4-2)15-13(16)11-8-5-6-9-12(11)14(15)17/h5-9H,3-4H2,1-2H3/b10-7-. The van der Waals surface area contributed by atoms with Crippen LogP contribution in [0, 0.1) is 0 Å². The van der Waals surface area contributed by atoms with Gasteiger partial charge in [0.1, 0.15) is 0 Å². The number of carbonyl (C=O) groups is 2. The number of hydrogen-bond acceptors (Lipinski definition) is 2. The van der Waals surface area contributed by atoms with Crippen LogP contribution in [-0.2, 0) is 0 Å². The van der Waals surface area contributed by atoms with Crippen molar-refractivity contribution in [2.45, 2.75) is 26.7 Å². The number of nitrogens with zero attached hydrogens (tertiary/aromatic N) is 1. The van der Waals surface area contributed by atoms with Crippen molar-refractivity contribution in [1.82, 2.24) is 4.90 Å². The van der Waals surface area contributed by atoms with Gasteiger partial charge in [-0.05, 0) is 25.0 Å². The second-order valence-corrected chi connectivity index (χ2v) is 3.95. The lowest BCUT2D eigenvalue weighted by atomic mass is 10.1. The van der Waals surface area contributed by atoms with Crippen molar-refractivity contribution in [1.29, 1.82) is 0 Å². The number of allylic oxidation sites excluding steroid dienone is 2. The molecule has 0 aromatic heterocycles. The predicted molar refractivity (Wildman–Crippen MR) is 65.6 cm³/mol. The normalized spacial score (nSPS) is 15.4. The highest BCUT2D eigenvalue weighted by atomic mass is 16.2. The molecule has 0 spiro atoms. The molecule has 1 aromatic carbocycles. The maximum Gasteiger partial charge on any atom is 0.265 e. The van der Waals surface area contributed by atoms with Crippen LogP contribution >= 0.6 is 0 Å². The van der Waals surface area contributed by atoms with Crippen molar-refractivity contribution in [3.8, 4) is 0 Å². The van der Waals surface area contributed by atoms with E-state index >= 15 is 0 Å². The lowest BCUT2D eigenvalue weighted by Gasteiger charge is -2.16. The number of rotatable bonds is 3. The number of carbonyl (C=O) groups excluding carboxylic acids is 2. The Balaban J connectivity index is 2.46. The van der Waals surface area contributed by atoms with E-state index in [0.29, 0.717) is 17.5 Å². The Kier molecular flexibility index (Phi) is 3.09. The molecule has 0 N–H and O–H groups in total. The summed E-state index contributed by atoms with van der Waals surface area (Å²) < 4.78 is 0. The lowest BCUT2D eigenvalue weighted by Crippen LogP contribution is -2.28. The first-order valence-corrected chi connectivity index (χ1v) is 5.87. The first kappa shape index (κ1) is 11.6. The summed E-state index contributed by atoms with van der Waals surface area (Å²) >= 11 is 0. The minimum atomic E-state index is -0.202. The molecule has 1 aromatic rings. The van der Waals surface area contributed by atoms with E-state index in [-0.39, 0.29) is 11.8 Å². The summed E-state index contributed by atoms with van der Waals surface area (Å²) in [5, 5.41) is 0. The molecule has 1 aliphatic rings. The predicted octanol–water partition coefficient (Wildman–Crippen LogP) is 2.99. The topological polar surface area (TPSA) is 37.4 Å². The highest BCUT2D eigenvalue weighted by Gasteiger charge is 2.36. The van der Waals surface area contributed by atoms with Gasteiger partial charge in [0.25, 0.3) is 11.8 Å². The van der Waals surface area contributed by atoms with Crippen LogP contribution in [-0.4, -0.2) is 16.7 Å². The SMILES string of the molecule is CC/C=C(/CC)N1C(=O)c2ccccc2C1=O. The highest BCUT2D eigenvalue weighted by molar-refractivity contribution is 6.22. The van der Waals surface area contributed by atoms with E-state index in [1.54, 1.807) is 24.3 Å². The first-order valence-electron chi connectivity index (χ1n) is 5.87. The molecule has 88 valence electrons. The molecule has 0 unspecified atom stereocenters. The van der Waals surface area contributed by atoms with Crippen molar-refractivity contribution in [2.24, 2.45) is 0 Å². The van der Waals surface area contributed by atoms with E-state index < -0.39 is 0 Å². The molecule has 0 saturated carbocycles. The summed E-state index contributed by atoms with van der Waals surface area (Å²) in [4.78, 5) is 25.6. The van der Waals surface area contributed by atoms with Crippen LogP contribution in [0.25, 0.3) is 0 Å². The average molecular weight is 229 g/mol. The van der Waals surface area contributed by atoms with Crippen LogP contribution in [0.5, 0.6) is 0 Å². The van der Waals surface area contributed by atoms with E-state index in [2.05, 4.69) is 0 Å². The third-order valence-corrected chi connectivity index (χ3v) is 2.88. The van der Waals surface area contributed by atoms with Crippen molar-refractivity contribution >= 4 is 11.8 Å². The molecule has 3 heteroatoms. The van der Waals surface area contributed by atoms with Crippen molar-refractivity contribution < 1.29 is 9.59 Å². The van der Waals surface area contributed by atoms with Crippen LogP contribution < -0.4 is 0 Å². The zero-order valence-electron chi connectivity index (χ0n) is 10.1. The fraction of sp³-hybridized carbons (Fsp3) is 0.286. The molecule has 0 atom stereocenters. The van der Waals surface area contributed by atoms with Crippen molar-refractivity contribution in [3.05, 3.63) is 47.2 Å². The zero-order chi connectivity index (χ0) is 12.4. The molecule has 1 heterocycles. The third kappa shape index (κ3) is 1.78. The Labute approximate surface area is 101 Å². The average Bonchev–Trinajstić information content (AvgIpc) is 2.61. The summed E-state index contributed by atoms with van der Waals surface area (Å²) in [5.74, 6) is -0.403. The minimum absolute atomic E-state index is 0.202. The van der Waals surface area contributed by atoms with Gasteiger partial charge in [-0.1, -0.05) is 32.1 Å². The number of amides is 2. The van der Waals surface area contributed by atoms with E-state index in [9.17, 15) is 9.59 Å². The molecule has 2 amide bonds. The molecule has 0 fully saturated rings. The Morgan fingerprint density at radius 1 is 1.12 bits per heavy atom. The monoisotopic (exact) mass is 229 g/mol. The number of imide groups is 1. The first-order chi connectivity index (χ1) is 8.20. The molecule has 0 saturated heterocycles. The van der Waals surface area contributed by atoms with Crippen LogP contribution in [0.1, 0.15) is 47.4 Å². The largest absolute Gasteiger partial charge is 0.268 e. The maximum atomic E-state index is 12.1. The van der Waals surface area contributed by atoms with Gasteiger partial charge in [0, 0.05) is 5.70 Å². The molecule has 1 aliphatic heterocycles. The molecular formula is C14H15NO2. The Bertz CT molecular complexity index is 468. The number of benzene rings is 1. The van der Waals surface area contributed by atoms with Gasteiger partial charge in [0.2, 0.25) is 0 Å². The summed E-state index contributed by atoms with van der Waals surface area (Å²) in [5.41, 5.74) is 1.81. The van der Waals surface area contributed by atoms with E-state index in [0.717, 1.165) is 12.1 Å². The van der Waals surface area contributed by atoms with Gasteiger partial charge >= 0.3 is 0 Å². The molecule has 3 nitrogen and oxygen atoms in total. The summed E-state index contributed by atoms with van der Waals surface area (Å²) in [6, 6.07) is 6.97. The molecule has 0 bridgehead atoms. The van der Waals surface area contributed by atoms with Gasteiger partial charge < -0.3 is 0 Å². The van der Waals surface area contributed by atoms with Crippen molar-refractivity contribution in [3.63, 3.8) is 0 Å². The van der Waals surface area contributed by atoms with Gasteiger partial charge in [-0.25, -0.2) is 4.90 Å². The lowest BCUT2D eigenvalue weighted by molar-refractivity contribution is 0.0699. The Morgan fingerprint density at radius 3 is 2.06 bits per heavy atom. The van der Waals surface area contributed by atoms with E-state index in [1.807, 2.05) is 19.9 Å². The molecule has 17 heavy (non-hydrogen) atoms. The number of fused-ring (bicyclic) bond motifs is 1. The van der Waals surface area contributed by atoms with Gasteiger partial charge in [-0.2, -0.15) is 0 Å². The molecule has 2 rings (SSSR count). The summed E-state index contributed by atoms with van der Waals surface area (Å²) in [6.45, 7) is 3.94. The van der Waals surface area contributed by atoms with Crippen LogP contribution in [0.4, 0.5) is 0 Å². The van der Waals surface area contributed by atoms with Gasteiger partial charge in [0.15, 0.2) is 0 Å². The van der Waals surface area contributed by atoms with Gasteiger partial charge in [0.05, 0.1) is 11.1 Å². The second-order valence-electron chi connectivity index (χ2n) is 3.95. The summed E-state index contributed by atoms with van der Waals surface area (Å²) in [7, 11) is 0. The molecule has 0 radical (unpaired) electrons. The quantitative estimate of drug-likeness (QED) is 0.747. The Hall–Kier alpha value is -1.90. The second kappa shape index (κ2) is 4.53. The zero-order valence-corrected chi connectivity index (χ0v) is 10.1. The Morgan fingerprint density at radius 2 is 1.65 bits per heavy atom. The minimum Gasteiger partial charge on any atom is -0.268 e. The van der Waals surface area contributed by atoms with Gasteiger partial charge in [-0.3, -0.25) is 9.59 Å². The smallest absolute Gasteiger partial charge is 0.265 e. The van der Waals surface area contributed by atoms with Crippen molar-refractivity contribution in [2.75, 3.05) is 0 Å². The highest BCUT2D eigenvalue weighted by Crippen LogP contribution is 2.27. The van der Waals surface area contributed by atoms with E-state index in [1.165, 1.54) is 4.90 Å². The van der Waals surface area contributed by atoms with E-state index in [4.69, 9.17) is 0 Å².